The van der Waals surface area contributed by atoms with E-state index < -0.39 is 0 Å². The van der Waals surface area contributed by atoms with Crippen LogP contribution in [0.5, 0.6) is 11.6 Å². The number of nitrogens with zero attached hydrogens (tertiary/aromatic N) is 3. The van der Waals surface area contributed by atoms with Crippen molar-refractivity contribution in [2.75, 3.05) is 0 Å². The number of aromatic nitrogens is 4. The zero-order chi connectivity index (χ0) is 21.2. The molecular formula is C24H22N4O3. The van der Waals surface area contributed by atoms with Gasteiger partial charge in [-0.2, -0.15) is 0 Å². The summed E-state index contributed by atoms with van der Waals surface area (Å²) in [5.41, 5.74) is 2.93. The highest BCUT2D eigenvalue weighted by Gasteiger charge is 2.25. The van der Waals surface area contributed by atoms with Crippen molar-refractivity contribution < 1.29 is 14.6 Å². The molecule has 1 fully saturated rings. The number of imidazole rings is 1. The van der Waals surface area contributed by atoms with Crippen molar-refractivity contribution in [3.63, 3.8) is 0 Å². The average Bonchev–Trinajstić information content (AvgIpc) is 3.25. The fraction of sp³-hybridized carbons (Fsp3) is 0.250. The summed E-state index contributed by atoms with van der Waals surface area (Å²) in [6.45, 7) is 0. The van der Waals surface area contributed by atoms with Crippen LogP contribution in [-0.4, -0.2) is 36.9 Å². The number of aromatic amines is 1. The highest BCUT2D eigenvalue weighted by Crippen LogP contribution is 2.36. The Bertz CT molecular complexity index is 1180. The quantitative estimate of drug-likeness (QED) is 0.470. The van der Waals surface area contributed by atoms with Crippen LogP contribution in [0.25, 0.3) is 11.0 Å². The molecule has 0 spiro atoms. The van der Waals surface area contributed by atoms with Gasteiger partial charge in [0, 0.05) is 23.9 Å². The number of ketones is 1. The smallest absolute Gasteiger partial charge is 0.241 e. The van der Waals surface area contributed by atoms with E-state index in [9.17, 15) is 9.90 Å². The predicted octanol–water partition coefficient (Wildman–Crippen LogP) is 4.39. The van der Waals surface area contributed by atoms with Crippen LogP contribution < -0.4 is 4.74 Å². The number of H-pyrrole nitrogens is 1. The van der Waals surface area contributed by atoms with Crippen molar-refractivity contribution in [1.82, 2.24) is 19.9 Å². The van der Waals surface area contributed by atoms with E-state index in [1.807, 2.05) is 24.3 Å². The van der Waals surface area contributed by atoms with Crippen LogP contribution in [0.1, 0.15) is 53.5 Å². The van der Waals surface area contributed by atoms with Gasteiger partial charge in [-0.3, -0.25) is 9.78 Å². The lowest BCUT2D eigenvalue weighted by molar-refractivity contribution is 0.103. The first-order valence-corrected chi connectivity index (χ1v) is 10.4. The van der Waals surface area contributed by atoms with E-state index in [1.165, 1.54) is 0 Å². The van der Waals surface area contributed by atoms with Crippen molar-refractivity contribution in [2.24, 2.45) is 0 Å². The maximum absolute atomic E-state index is 12.8. The molecule has 7 nitrogen and oxygen atoms in total. The van der Waals surface area contributed by atoms with E-state index in [0.717, 1.165) is 42.4 Å². The third-order valence-electron chi connectivity index (χ3n) is 5.71. The fourth-order valence-electron chi connectivity index (χ4n) is 4.03. The van der Waals surface area contributed by atoms with Gasteiger partial charge in [-0.15, -0.1) is 0 Å². The lowest BCUT2D eigenvalue weighted by Crippen LogP contribution is -2.18. The van der Waals surface area contributed by atoms with Crippen LogP contribution in [0.4, 0.5) is 0 Å². The van der Waals surface area contributed by atoms with Gasteiger partial charge in [-0.1, -0.05) is 12.1 Å². The van der Waals surface area contributed by atoms with Crippen LogP contribution in [-0.2, 0) is 0 Å². The molecule has 0 saturated heterocycles. The van der Waals surface area contributed by atoms with Gasteiger partial charge < -0.3 is 14.8 Å². The van der Waals surface area contributed by atoms with Crippen molar-refractivity contribution in [3.8, 4) is 11.6 Å². The molecule has 2 heterocycles. The summed E-state index contributed by atoms with van der Waals surface area (Å²) < 4.78 is 6.01. The lowest BCUT2D eigenvalue weighted by atomic mass is 9.85. The molecule has 5 rings (SSSR count). The van der Waals surface area contributed by atoms with Crippen molar-refractivity contribution in [3.05, 3.63) is 78.0 Å². The molecule has 0 amide bonds. The number of carbonyl (C=O) groups excluding carboxylic acids is 1. The van der Waals surface area contributed by atoms with E-state index in [0.29, 0.717) is 23.0 Å². The summed E-state index contributed by atoms with van der Waals surface area (Å²) in [6, 6.07) is 14.5. The Morgan fingerprint density at radius 3 is 2.48 bits per heavy atom. The number of para-hydroxylation sites is 2. The number of rotatable bonds is 5. The van der Waals surface area contributed by atoms with Gasteiger partial charge in [-0.25, -0.2) is 9.97 Å². The maximum atomic E-state index is 12.8. The SMILES string of the molecule is O=C(c1ccc(Oc2nccnc2[C@H]2CC[C@H](O)CC2)cc1)c1nc2ccccc2[nH]1. The number of benzene rings is 2. The minimum absolute atomic E-state index is 0.177. The molecule has 2 N–H and O–H groups in total. The molecule has 4 aromatic rings. The number of nitrogens with one attached hydrogen (secondary N) is 1. The number of aliphatic hydroxyl groups is 1. The third kappa shape index (κ3) is 4.04. The third-order valence-corrected chi connectivity index (χ3v) is 5.71. The lowest BCUT2D eigenvalue weighted by Gasteiger charge is -2.25. The first-order chi connectivity index (χ1) is 15.2. The number of carbonyl (C=O) groups is 1. The molecule has 0 atom stereocenters. The topological polar surface area (TPSA) is 101 Å². The zero-order valence-corrected chi connectivity index (χ0v) is 16.9. The highest BCUT2D eigenvalue weighted by atomic mass is 16.5. The Hall–Kier alpha value is -3.58. The molecule has 7 heteroatoms. The Morgan fingerprint density at radius 1 is 0.968 bits per heavy atom. The predicted molar refractivity (Wildman–Crippen MR) is 115 cm³/mol. The summed E-state index contributed by atoms with van der Waals surface area (Å²) >= 11 is 0. The van der Waals surface area contributed by atoms with Gasteiger partial charge in [0.1, 0.15) is 11.4 Å². The molecule has 0 aliphatic heterocycles. The Kier molecular flexibility index (Phi) is 5.18. The first-order valence-electron chi connectivity index (χ1n) is 10.4. The summed E-state index contributed by atoms with van der Waals surface area (Å²) in [4.78, 5) is 29.1. The number of aliphatic hydroxyl groups excluding tert-OH is 1. The van der Waals surface area contributed by atoms with Gasteiger partial charge in [0.25, 0.3) is 0 Å². The first kappa shape index (κ1) is 19.4. The molecule has 2 aromatic carbocycles. The van der Waals surface area contributed by atoms with E-state index in [4.69, 9.17) is 4.74 Å². The summed E-state index contributed by atoms with van der Waals surface area (Å²) in [5, 5.41) is 9.77. The fourth-order valence-corrected chi connectivity index (χ4v) is 4.03. The second kappa shape index (κ2) is 8.28. The van der Waals surface area contributed by atoms with Crippen LogP contribution in [0.2, 0.25) is 0 Å². The van der Waals surface area contributed by atoms with Crippen LogP contribution in [0.15, 0.2) is 60.9 Å². The van der Waals surface area contributed by atoms with E-state index in [-0.39, 0.29) is 17.8 Å². The Morgan fingerprint density at radius 2 is 1.71 bits per heavy atom. The molecule has 0 unspecified atom stereocenters. The number of fused-ring (bicyclic) bond motifs is 1. The second-order valence-electron chi connectivity index (χ2n) is 7.81. The minimum atomic E-state index is -0.228. The molecule has 156 valence electrons. The number of ether oxygens (including phenoxy) is 1. The molecule has 1 saturated carbocycles. The normalized spacial score (nSPS) is 18.7. The monoisotopic (exact) mass is 414 g/mol. The summed E-state index contributed by atoms with van der Waals surface area (Å²) in [6.07, 6.45) is 6.30. The van der Waals surface area contributed by atoms with Crippen LogP contribution in [0, 0.1) is 0 Å². The van der Waals surface area contributed by atoms with Gasteiger partial charge >= 0.3 is 0 Å². The zero-order valence-electron chi connectivity index (χ0n) is 16.9. The van der Waals surface area contributed by atoms with Gasteiger partial charge in [0.2, 0.25) is 11.7 Å². The van der Waals surface area contributed by atoms with Crippen molar-refractivity contribution >= 4 is 16.8 Å². The van der Waals surface area contributed by atoms with Gasteiger partial charge in [0.15, 0.2) is 5.82 Å². The Balaban J connectivity index is 1.33. The largest absolute Gasteiger partial charge is 0.437 e. The molecule has 1 aliphatic carbocycles. The van der Waals surface area contributed by atoms with Gasteiger partial charge in [-0.05, 0) is 62.1 Å². The standard InChI is InChI=1S/C24H22N4O3/c29-17-9-5-15(6-10-17)21-24(26-14-13-25-21)31-18-11-7-16(8-12-18)22(30)23-27-19-3-1-2-4-20(19)28-23/h1-4,7-8,11-15,17,29H,5-6,9-10H2,(H,27,28)/t15-,17-. The van der Waals surface area contributed by atoms with E-state index in [2.05, 4.69) is 19.9 Å². The van der Waals surface area contributed by atoms with Crippen LogP contribution >= 0.6 is 0 Å². The highest BCUT2D eigenvalue weighted by molar-refractivity contribution is 6.08. The average molecular weight is 414 g/mol. The summed E-state index contributed by atoms with van der Waals surface area (Å²) in [7, 11) is 0. The minimum Gasteiger partial charge on any atom is -0.437 e. The van der Waals surface area contributed by atoms with Crippen LogP contribution in [0.3, 0.4) is 0 Å². The summed E-state index contributed by atoms with van der Waals surface area (Å²) in [5.74, 6) is 1.41. The molecule has 0 radical (unpaired) electrons. The Labute approximate surface area is 179 Å². The maximum Gasteiger partial charge on any atom is 0.241 e. The molecule has 2 aromatic heterocycles. The molecule has 0 bridgehead atoms. The van der Waals surface area contributed by atoms with Crippen molar-refractivity contribution in [1.29, 1.82) is 0 Å². The molecule has 1 aliphatic rings. The number of hydrogen-bond acceptors (Lipinski definition) is 6. The molecular weight excluding hydrogens is 392 g/mol. The van der Waals surface area contributed by atoms with E-state index >= 15 is 0 Å². The van der Waals surface area contributed by atoms with Gasteiger partial charge in [0.05, 0.1) is 17.1 Å². The van der Waals surface area contributed by atoms with E-state index in [1.54, 1.807) is 36.7 Å². The second-order valence-corrected chi connectivity index (χ2v) is 7.81. The molecule has 31 heavy (non-hydrogen) atoms. The van der Waals surface area contributed by atoms with Crippen molar-refractivity contribution in [2.45, 2.75) is 37.7 Å². The number of hydrogen-bond donors (Lipinski definition) is 2.